The van der Waals surface area contributed by atoms with E-state index in [1.165, 1.54) is 0 Å². The van der Waals surface area contributed by atoms with Gasteiger partial charge in [-0.2, -0.15) is 0 Å². The van der Waals surface area contributed by atoms with E-state index in [9.17, 15) is 9.59 Å². The lowest BCUT2D eigenvalue weighted by atomic mass is 9.92. The molecule has 0 aromatic heterocycles. The Kier molecular flexibility index (Phi) is 3.80. The van der Waals surface area contributed by atoms with Crippen molar-refractivity contribution in [1.29, 1.82) is 0 Å². The van der Waals surface area contributed by atoms with Gasteiger partial charge >= 0.3 is 0 Å². The second-order valence-corrected chi connectivity index (χ2v) is 4.97. The van der Waals surface area contributed by atoms with Gasteiger partial charge < -0.3 is 5.32 Å². The number of nitrogens with one attached hydrogen (secondary N) is 1. The Morgan fingerprint density at radius 1 is 1.39 bits per heavy atom. The second-order valence-electron chi connectivity index (χ2n) is 4.97. The van der Waals surface area contributed by atoms with Crippen molar-refractivity contribution >= 4 is 17.4 Å². The summed E-state index contributed by atoms with van der Waals surface area (Å²) in [5, 5.41) is 2.83. The highest BCUT2D eigenvalue weighted by molar-refractivity contribution is 6.00. The van der Waals surface area contributed by atoms with Crippen LogP contribution in [-0.4, -0.2) is 11.7 Å². The van der Waals surface area contributed by atoms with Crippen LogP contribution in [0.2, 0.25) is 0 Å². The van der Waals surface area contributed by atoms with Gasteiger partial charge in [0.25, 0.3) is 0 Å². The molecule has 1 N–H and O–H groups in total. The maximum atomic E-state index is 12.2. The van der Waals surface area contributed by atoms with E-state index in [-0.39, 0.29) is 17.6 Å². The zero-order chi connectivity index (χ0) is 13.1. The van der Waals surface area contributed by atoms with E-state index < -0.39 is 0 Å². The first-order valence-electron chi connectivity index (χ1n) is 6.58. The molecule has 0 fully saturated rings. The molecule has 1 aromatic carbocycles. The number of amides is 1. The standard InChI is InChI=1S/C15H19NO2/c1-3-4-10(2)15(18)12-5-7-13-11(9-12)6-8-14(17)16-13/h5,7,9-10H,3-4,6,8H2,1-2H3,(H,16,17). The zero-order valence-electron chi connectivity index (χ0n) is 11.0. The Balaban J connectivity index is 2.21. The summed E-state index contributed by atoms with van der Waals surface area (Å²) in [6.45, 7) is 4.07. The number of Topliss-reactive ketones (excluding diaryl/α,β-unsaturated/α-hetero) is 1. The van der Waals surface area contributed by atoms with E-state index >= 15 is 0 Å². The Morgan fingerprint density at radius 2 is 2.17 bits per heavy atom. The highest BCUT2D eigenvalue weighted by atomic mass is 16.1. The molecule has 1 aromatic rings. The van der Waals surface area contributed by atoms with Crippen LogP contribution in [0.4, 0.5) is 5.69 Å². The summed E-state index contributed by atoms with van der Waals surface area (Å²) in [7, 11) is 0. The first kappa shape index (κ1) is 12.8. The largest absolute Gasteiger partial charge is 0.326 e. The summed E-state index contributed by atoms with van der Waals surface area (Å²) < 4.78 is 0. The summed E-state index contributed by atoms with van der Waals surface area (Å²) in [6, 6.07) is 5.60. The fraction of sp³-hybridized carbons (Fsp3) is 0.467. The van der Waals surface area contributed by atoms with Gasteiger partial charge in [0.1, 0.15) is 0 Å². The molecule has 0 bridgehead atoms. The number of fused-ring (bicyclic) bond motifs is 1. The molecule has 0 spiro atoms. The summed E-state index contributed by atoms with van der Waals surface area (Å²) in [4.78, 5) is 23.5. The van der Waals surface area contributed by atoms with Gasteiger partial charge in [-0.15, -0.1) is 0 Å². The Morgan fingerprint density at radius 3 is 2.89 bits per heavy atom. The Labute approximate surface area is 108 Å². The smallest absolute Gasteiger partial charge is 0.224 e. The van der Waals surface area contributed by atoms with Crippen LogP contribution in [0.25, 0.3) is 0 Å². The van der Waals surface area contributed by atoms with Gasteiger partial charge in [0, 0.05) is 23.6 Å². The van der Waals surface area contributed by atoms with Crippen molar-refractivity contribution in [3.05, 3.63) is 29.3 Å². The molecule has 3 nitrogen and oxygen atoms in total. The SMILES string of the molecule is CCCC(C)C(=O)c1ccc2c(c1)CCC(=O)N2. The minimum Gasteiger partial charge on any atom is -0.326 e. The first-order valence-corrected chi connectivity index (χ1v) is 6.58. The third kappa shape index (κ3) is 2.61. The van der Waals surface area contributed by atoms with Crippen molar-refractivity contribution in [2.24, 2.45) is 5.92 Å². The molecule has 0 saturated heterocycles. The number of carbonyl (C=O) groups excluding carboxylic acids is 2. The van der Waals surface area contributed by atoms with Crippen molar-refractivity contribution in [3.63, 3.8) is 0 Å². The predicted octanol–water partition coefficient (Wildman–Crippen LogP) is 3.19. The molecule has 0 saturated carbocycles. The predicted molar refractivity (Wildman–Crippen MR) is 71.8 cm³/mol. The van der Waals surface area contributed by atoms with E-state index in [0.29, 0.717) is 6.42 Å². The number of hydrogen-bond donors (Lipinski definition) is 1. The fourth-order valence-electron chi connectivity index (χ4n) is 2.39. The third-order valence-corrected chi connectivity index (χ3v) is 3.45. The molecule has 1 amide bonds. The molecule has 1 aliphatic rings. The maximum Gasteiger partial charge on any atom is 0.224 e. The van der Waals surface area contributed by atoms with Crippen LogP contribution in [0.15, 0.2) is 18.2 Å². The average molecular weight is 245 g/mol. The molecular weight excluding hydrogens is 226 g/mol. The van der Waals surface area contributed by atoms with Crippen LogP contribution in [0.3, 0.4) is 0 Å². The normalized spacial score (nSPS) is 15.8. The van der Waals surface area contributed by atoms with Gasteiger partial charge in [-0.05, 0) is 36.6 Å². The molecule has 1 unspecified atom stereocenters. The topological polar surface area (TPSA) is 46.2 Å². The molecule has 3 heteroatoms. The van der Waals surface area contributed by atoms with Gasteiger partial charge in [-0.25, -0.2) is 0 Å². The molecule has 1 heterocycles. The van der Waals surface area contributed by atoms with Gasteiger partial charge in [0.05, 0.1) is 0 Å². The monoisotopic (exact) mass is 245 g/mol. The van der Waals surface area contributed by atoms with Crippen LogP contribution in [0.5, 0.6) is 0 Å². The van der Waals surface area contributed by atoms with Crippen molar-refractivity contribution in [3.8, 4) is 0 Å². The highest BCUT2D eigenvalue weighted by Gasteiger charge is 2.19. The molecule has 1 atom stereocenters. The van der Waals surface area contributed by atoms with Crippen LogP contribution in [0, 0.1) is 5.92 Å². The van der Waals surface area contributed by atoms with Crippen LogP contribution < -0.4 is 5.32 Å². The number of anilines is 1. The van der Waals surface area contributed by atoms with Gasteiger partial charge in [-0.3, -0.25) is 9.59 Å². The summed E-state index contributed by atoms with van der Waals surface area (Å²) in [5.41, 5.74) is 2.70. The van der Waals surface area contributed by atoms with Gasteiger partial charge in [0.2, 0.25) is 5.91 Å². The fourth-order valence-corrected chi connectivity index (χ4v) is 2.39. The van der Waals surface area contributed by atoms with E-state index in [0.717, 1.165) is 36.1 Å². The first-order chi connectivity index (χ1) is 8.61. The summed E-state index contributed by atoms with van der Waals surface area (Å²) in [5.74, 6) is 0.337. The number of rotatable bonds is 4. The molecule has 96 valence electrons. The van der Waals surface area contributed by atoms with Crippen molar-refractivity contribution in [1.82, 2.24) is 0 Å². The molecule has 0 radical (unpaired) electrons. The average Bonchev–Trinajstić information content (AvgIpc) is 2.37. The van der Waals surface area contributed by atoms with Crippen LogP contribution in [-0.2, 0) is 11.2 Å². The van der Waals surface area contributed by atoms with E-state index in [1.807, 2.05) is 25.1 Å². The summed E-state index contributed by atoms with van der Waals surface area (Å²) in [6.07, 6.45) is 3.18. The third-order valence-electron chi connectivity index (χ3n) is 3.45. The van der Waals surface area contributed by atoms with Crippen molar-refractivity contribution in [2.75, 3.05) is 5.32 Å². The lowest BCUT2D eigenvalue weighted by Crippen LogP contribution is -2.20. The number of ketones is 1. The lowest BCUT2D eigenvalue weighted by molar-refractivity contribution is -0.116. The van der Waals surface area contributed by atoms with E-state index in [1.54, 1.807) is 0 Å². The van der Waals surface area contributed by atoms with Crippen molar-refractivity contribution in [2.45, 2.75) is 39.5 Å². The lowest BCUT2D eigenvalue weighted by Gasteiger charge is -2.18. The molecule has 18 heavy (non-hydrogen) atoms. The second kappa shape index (κ2) is 5.34. The van der Waals surface area contributed by atoms with E-state index in [4.69, 9.17) is 0 Å². The van der Waals surface area contributed by atoms with Gasteiger partial charge in [0.15, 0.2) is 5.78 Å². The molecule has 0 aliphatic carbocycles. The number of aryl methyl sites for hydroxylation is 1. The minimum absolute atomic E-state index is 0.0564. The Hall–Kier alpha value is -1.64. The quantitative estimate of drug-likeness (QED) is 0.828. The van der Waals surface area contributed by atoms with Gasteiger partial charge in [-0.1, -0.05) is 20.3 Å². The number of carbonyl (C=O) groups is 2. The number of hydrogen-bond acceptors (Lipinski definition) is 2. The zero-order valence-corrected chi connectivity index (χ0v) is 11.0. The Bertz CT molecular complexity index is 479. The maximum absolute atomic E-state index is 12.2. The minimum atomic E-state index is 0.0564. The summed E-state index contributed by atoms with van der Waals surface area (Å²) >= 11 is 0. The van der Waals surface area contributed by atoms with Crippen LogP contribution >= 0.6 is 0 Å². The molecule has 1 aliphatic heterocycles. The molecular formula is C15H19NO2. The highest BCUT2D eigenvalue weighted by Crippen LogP contribution is 2.25. The van der Waals surface area contributed by atoms with Crippen molar-refractivity contribution < 1.29 is 9.59 Å². The number of benzene rings is 1. The van der Waals surface area contributed by atoms with E-state index in [2.05, 4.69) is 12.2 Å². The van der Waals surface area contributed by atoms with Crippen LogP contribution in [0.1, 0.15) is 49.0 Å². The molecule has 2 rings (SSSR count).